The van der Waals surface area contributed by atoms with Gasteiger partial charge in [0.15, 0.2) is 0 Å². The van der Waals surface area contributed by atoms with E-state index in [0.29, 0.717) is 0 Å². The molecule has 7 heterocycles. The molecule has 3 aromatic heterocycles. The number of hydrogen-bond donors (Lipinski definition) is 0. The first-order valence-corrected chi connectivity index (χ1v) is 29.1. The van der Waals surface area contributed by atoms with Gasteiger partial charge in [0.05, 0.1) is 17.1 Å². The summed E-state index contributed by atoms with van der Waals surface area (Å²) in [5, 5.41) is 0. The van der Waals surface area contributed by atoms with Gasteiger partial charge in [0.25, 0.3) is 0 Å². The minimum atomic E-state index is 0.988. The van der Waals surface area contributed by atoms with Gasteiger partial charge in [-0.3, -0.25) is 13.7 Å². The number of nitrogens with zero attached hydrogens (tertiary/aromatic N) is 6. The van der Waals surface area contributed by atoms with Gasteiger partial charge in [-0.1, -0.05) is 158 Å². The highest BCUT2D eigenvalue weighted by atomic mass is 15.1. The minimum Gasteiger partial charge on any atom is -0.296 e. The van der Waals surface area contributed by atoms with Gasteiger partial charge in [-0.2, -0.15) is 0 Å². The average molecular weight is 1020 g/mol. The smallest absolute Gasteiger partial charge is 0.144 e. The number of fused-ring (bicyclic) bond motifs is 3. The Balaban J connectivity index is 0.922. The quantitative estimate of drug-likeness (QED) is 0.177. The summed E-state index contributed by atoms with van der Waals surface area (Å²) in [6, 6.07) is 41.8. The van der Waals surface area contributed by atoms with Crippen molar-refractivity contribution in [3.8, 4) is 51.2 Å². The highest BCUT2D eigenvalue weighted by Gasteiger charge is 2.21. The highest BCUT2D eigenvalue weighted by molar-refractivity contribution is 5.66. The number of rotatable bonds is 3. The molecule has 0 unspecified atom stereocenters. The minimum absolute atomic E-state index is 0.988. The van der Waals surface area contributed by atoms with Crippen molar-refractivity contribution in [2.45, 2.75) is 171 Å². The van der Waals surface area contributed by atoms with Gasteiger partial charge in [0, 0.05) is 52.4 Å². The first kappa shape index (κ1) is 53.4. The maximum absolute atomic E-state index is 5.17. The molecule has 0 aliphatic carbocycles. The summed E-state index contributed by atoms with van der Waals surface area (Å²) in [7, 11) is 0. The third kappa shape index (κ3) is 12.1. The van der Waals surface area contributed by atoms with Crippen molar-refractivity contribution in [2.24, 2.45) is 0 Å². The van der Waals surface area contributed by atoms with E-state index in [4.69, 9.17) is 15.0 Å². The number of benzene rings is 6. The monoisotopic (exact) mass is 1020 g/mol. The number of imidazole rings is 3. The standard InChI is InChI=1S/C71H82N6/c1-48-39-51(4)66(52(5)40-48)75-63-24-18-12-11-16-22-58-29-35-61(36-30-58)71-74-47-65(77(71)68-55(8)43-50(3)44-56(68)9)26-20-14-17-23-59-31-37-62(38-32-59)70-73-46-64(76(70)67-53(6)41-49(2)42-54(67)7)25-19-13-10-15-21-57-27-33-60(34-28-57)69(75)72-45-63/h27-47H,10-26H2,1-9H3. The van der Waals surface area contributed by atoms with Crippen LogP contribution in [0.25, 0.3) is 51.2 Å². The predicted octanol–water partition coefficient (Wildman–Crippen LogP) is 18.0. The molecule has 0 atom stereocenters. The van der Waals surface area contributed by atoms with E-state index in [-0.39, 0.29) is 0 Å². The Morgan fingerprint density at radius 2 is 0.494 bits per heavy atom. The molecule has 12 bridgehead atoms. The molecule has 6 aromatic carbocycles. The van der Waals surface area contributed by atoms with Gasteiger partial charge in [0.1, 0.15) is 17.5 Å². The molecule has 4 aliphatic rings. The van der Waals surface area contributed by atoms with Crippen LogP contribution in [0, 0.1) is 62.3 Å². The summed E-state index contributed by atoms with van der Waals surface area (Å²) >= 11 is 0. The molecule has 0 saturated carbocycles. The third-order valence-electron chi connectivity index (χ3n) is 16.4. The van der Waals surface area contributed by atoms with Crippen LogP contribution < -0.4 is 0 Å². The molecule has 4 aliphatic heterocycles. The van der Waals surface area contributed by atoms with Crippen LogP contribution in [0.3, 0.4) is 0 Å². The summed E-state index contributed by atoms with van der Waals surface area (Å²) in [5.74, 6) is 3.11. The molecule has 0 amide bonds. The fraction of sp³-hybridized carbons (Fsp3) is 0.366. The molecule has 0 radical (unpaired) electrons. The molecule has 396 valence electrons. The number of hydrogen-bond acceptors (Lipinski definition) is 3. The van der Waals surface area contributed by atoms with Crippen LogP contribution in [0.5, 0.6) is 0 Å². The lowest BCUT2D eigenvalue weighted by molar-refractivity contribution is 0.632. The molecular weight excluding hydrogens is 937 g/mol. The molecule has 77 heavy (non-hydrogen) atoms. The van der Waals surface area contributed by atoms with Crippen LogP contribution in [-0.4, -0.2) is 28.7 Å². The summed E-state index contributed by atoms with van der Waals surface area (Å²) in [6.07, 6.45) is 25.5. The van der Waals surface area contributed by atoms with Crippen molar-refractivity contribution < 1.29 is 0 Å². The van der Waals surface area contributed by atoms with E-state index in [2.05, 4.69) is 204 Å². The Morgan fingerprint density at radius 1 is 0.273 bits per heavy atom. The van der Waals surface area contributed by atoms with Crippen LogP contribution in [0.4, 0.5) is 0 Å². The number of aromatic nitrogens is 6. The van der Waals surface area contributed by atoms with Gasteiger partial charge in [-0.25, -0.2) is 15.0 Å². The Morgan fingerprint density at radius 3 is 0.740 bits per heavy atom. The summed E-state index contributed by atoms with van der Waals surface area (Å²) in [4.78, 5) is 15.5. The average Bonchev–Trinajstić information content (AvgIpc) is 4.21. The second-order valence-corrected chi connectivity index (χ2v) is 22.9. The zero-order chi connectivity index (χ0) is 53.6. The first-order chi connectivity index (χ1) is 37.4. The van der Waals surface area contributed by atoms with Crippen molar-refractivity contribution in [1.82, 2.24) is 28.7 Å². The van der Waals surface area contributed by atoms with Crippen LogP contribution in [-0.2, 0) is 38.5 Å². The lowest BCUT2D eigenvalue weighted by Crippen LogP contribution is -2.07. The molecule has 0 saturated heterocycles. The van der Waals surface area contributed by atoms with Crippen LogP contribution in [0.1, 0.15) is 154 Å². The van der Waals surface area contributed by atoms with E-state index >= 15 is 0 Å². The van der Waals surface area contributed by atoms with Crippen molar-refractivity contribution in [2.75, 3.05) is 0 Å². The number of aryl methyl sites for hydroxylation is 15. The van der Waals surface area contributed by atoms with Crippen molar-refractivity contribution >= 4 is 0 Å². The van der Waals surface area contributed by atoms with Crippen LogP contribution in [0.2, 0.25) is 0 Å². The topological polar surface area (TPSA) is 53.5 Å². The van der Waals surface area contributed by atoms with Gasteiger partial charge in [0.2, 0.25) is 0 Å². The fourth-order valence-corrected chi connectivity index (χ4v) is 12.9. The van der Waals surface area contributed by atoms with E-state index in [1.54, 1.807) is 0 Å². The maximum atomic E-state index is 5.17. The normalized spacial score (nSPS) is 14.5. The molecule has 0 fully saturated rings. The van der Waals surface area contributed by atoms with E-state index in [1.807, 2.05) is 0 Å². The highest BCUT2D eigenvalue weighted by Crippen LogP contribution is 2.35. The maximum Gasteiger partial charge on any atom is 0.144 e. The molecule has 0 N–H and O–H groups in total. The van der Waals surface area contributed by atoms with E-state index in [9.17, 15) is 0 Å². The Bertz CT molecular complexity index is 3400. The lowest BCUT2D eigenvalue weighted by atomic mass is 10.0. The fourth-order valence-electron chi connectivity index (χ4n) is 12.9. The second-order valence-electron chi connectivity index (χ2n) is 22.9. The Kier molecular flexibility index (Phi) is 16.7. The summed E-state index contributed by atoms with van der Waals surface area (Å²) in [5.41, 5.74) is 27.0. The van der Waals surface area contributed by atoms with Crippen LogP contribution >= 0.6 is 0 Å². The van der Waals surface area contributed by atoms with Gasteiger partial charge < -0.3 is 0 Å². The van der Waals surface area contributed by atoms with Gasteiger partial charge in [-0.15, -0.1) is 0 Å². The van der Waals surface area contributed by atoms with E-state index in [1.165, 1.54) is 156 Å². The lowest BCUT2D eigenvalue weighted by Gasteiger charge is -2.19. The molecule has 13 rings (SSSR count). The Labute approximate surface area is 460 Å². The van der Waals surface area contributed by atoms with E-state index in [0.717, 1.165) is 88.1 Å². The second kappa shape index (κ2) is 24.1. The third-order valence-corrected chi connectivity index (χ3v) is 16.4. The largest absolute Gasteiger partial charge is 0.296 e. The van der Waals surface area contributed by atoms with Gasteiger partial charge >= 0.3 is 0 Å². The van der Waals surface area contributed by atoms with Crippen LogP contribution in [0.15, 0.2) is 128 Å². The molecule has 9 aromatic rings. The molecule has 0 spiro atoms. The summed E-state index contributed by atoms with van der Waals surface area (Å²) in [6.45, 7) is 20.2. The van der Waals surface area contributed by atoms with E-state index < -0.39 is 0 Å². The predicted molar refractivity (Wildman–Crippen MR) is 323 cm³/mol. The molecule has 6 heteroatoms. The zero-order valence-electron chi connectivity index (χ0n) is 47.8. The molecule has 6 nitrogen and oxygen atoms in total. The van der Waals surface area contributed by atoms with Crippen molar-refractivity contribution in [1.29, 1.82) is 0 Å². The Hall–Kier alpha value is -7.05. The van der Waals surface area contributed by atoms with Crippen molar-refractivity contribution in [3.05, 3.63) is 212 Å². The van der Waals surface area contributed by atoms with Crippen molar-refractivity contribution in [3.63, 3.8) is 0 Å². The first-order valence-electron chi connectivity index (χ1n) is 29.1. The SMILES string of the molecule is Cc1cc(C)c(-n2c3cnc2-c2ccc(cc2)CCCCCCc2cnc(n2-c2c(C)cc(C)cc2C)-c2ccc(cc2)CCCCCc2cnc(n2-c2c(C)cc(C)cc2C)-c2ccc(cc2)CCCCCC3)c(C)c1. The van der Waals surface area contributed by atoms with Gasteiger partial charge in [-0.05, 0) is 189 Å². The molecular formula is C71H82N6. The zero-order valence-corrected chi connectivity index (χ0v) is 47.8. The summed E-state index contributed by atoms with van der Waals surface area (Å²) < 4.78 is 7.41.